The lowest BCUT2D eigenvalue weighted by atomic mass is 10.2. The summed E-state index contributed by atoms with van der Waals surface area (Å²) in [7, 11) is 0. The van der Waals surface area contributed by atoms with Crippen molar-refractivity contribution in [2.24, 2.45) is 0 Å². The van der Waals surface area contributed by atoms with Gasteiger partial charge in [0.05, 0.1) is 17.9 Å². The second-order valence-corrected chi connectivity index (χ2v) is 7.35. The summed E-state index contributed by atoms with van der Waals surface area (Å²) < 4.78 is 5.10. The fraction of sp³-hybridized carbons (Fsp3) is 0.150. The van der Waals surface area contributed by atoms with Crippen LogP contribution in [0.25, 0.3) is 0 Å². The number of amides is 2. The maximum absolute atomic E-state index is 12.8. The molecule has 0 aromatic heterocycles. The van der Waals surface area contributed by atoms with E-state index in [-0.39, 0.29) is 26.5 Å². The van der Waals surface area contributed by atoms with Crippen molar-refractivity contribution < 1.29 is 19.1 Å². The van der Waals surface area contributed by atoms with E-state index in [2.05, 4.69) is 5.32 Å². The van der Waals surface area contributed by atoms with E-state index >= 15 is 0 Å². The van der Waals surface area contributed by atoms with Gasteiger partial charge in [-0.25, -0.2) is 9.69 Å². The number of halogens is 3. The summed E-state index contributed by atoms with van der Waals surface area (Å²) in [4.78, 5) is 38.3. The molecule has 9 heteroatoms. The summed E-state index contributed by atoms with van der Waals surface area (Å²) in [6.07, 6.45) is 0.701. The average Bonchev–Trinajstić information content (AvgIpc) is 2.89. The monoisotopic (exact) mass is 452 g/mol. The lowest BCUT2D eigenvalue weighted by Crippen LogP contribution is -2.32. The third-order valence-electron chi connectivity index (χ3n) is 3.94. The minimum absolute atomic E-state index is 0.119. The van der Waals surface area contributed by atoms with Crippen molar-refractivity contribution in [1.82, 2.24) is 0 Å². The number of hydrogen-bond acceptors (Lipinski definition) is 5. The highest BCUT2D eigenvalue weighted by molar-refractivity contribution is 6.53. The van der Waals surface area contributed by atoms with Crippen LogP contribution in [0.4, 0.5) is 11.4 Å². The molecule has 150 valence electrons. The van der Waals surface area contributed by atoms with Crippen molar-refractivity contribution in [2.45, 2.75) is 13.3 Å². The molecule has 0 atom stereocenters. The Balaban J connectivity index is 1.85. The lowest BCUT2D eigenvalue weighted by molar-refractivity contribution is -0.120. The molecule has 0 unspecified atom stereocenters. The number of benzene rings is 2. The number of carbonyl (C=O) groups excluding carboxylic acids is 3. The van der Waals surface area contributed by atoms with Crippen molar-refractivity contribution in [3.63, 3.8) is 0 Å². The number of carbonyl (C=O) groups is 3. The minimum atomic E-state index is -0.712. The largest absolute Gasteiger partial charge is 0.462 e. The second-order valence-electron chi connectivity index (χ2n) is 6.10. The summed E-state index contributed by atoms with van der Waals surface area (Å²) in [6.45, 7) is 2.19. The van der Waals surface area contributed by atoms with Crippen molar-refractivity contribution in [3.05, 3.63) is 68.8 Å². The predicted octanol–water partition coefficient (Wildman–Crippen LogP) is 5.00. The van der Waals surface area contributed by atoms with Gasteiger partial charge in [0.1, 0.15) is 10.7 Å². The van der Waals surface area contributed by atoms with Gasteiger partial charge in [0.2, 0.25) is 0 Å². The highest BCUT2D eigenvalue weighted by Crippen LogP contribution is 2.33. The molecule has 1 aliphatic rings. The third kappa shape index (κ3) is 4.56. The molecule has 1 aliphatic heterocycles. The lowest BCUT2D eigenvalue weighted by Gasteiger charge is -2.16. The van der Waals surface area contributed by atoms with E-state index in [0.717, 1.165) is 4.90 Å². The zero-order chi connectivity index (χ0) is 21.1. The van der Waals surface area contributed by atoms with Crippen molar-refractivity contribution in [3.8, 4) is 0 Å². The first-order valence-electron chi connectivity index (χ1n) is 8.60. The van der Waals surface area contributed by atoms with Gasteiger partial charge in [0.15, 0.2) is 0 Å². The van der Waals surface area contributed by atoms with E-state index in [9.17, 15) is 14.4 Å². The quantitative estimate of drug-likeness (QED) is 0.492. The van der Waals surface area contributed by atoms with Gasteiger partial charge in [0.25, 0.3) is 11.8 Å². The maximum atomic E-state index is 12.8. The van der Waals surface area contributed by atoms with Crippen LogP contribution in [0.5, 0.6) is 0 Å². The van der Waals surface area contributed by atoms with Crippen LogP contribution in [0, 0.1) is 0 Å². The first-order chi connectivity index (χ1) is 13.8. The van der Waals surface area contributed by atoms with Gasteiger partial charge < -0.3 is 10.1 Å². The molecule has 0 bridgehead atoms. The van der Waals surface area contributed by atoms with Gasteiger partial charge in [-0.05, 0) is 42.8 Å². The van der Waals surface area contributed by atoms with E-state index in [0.29, 0.717) is 24.3 Å². The fourth-order valence-electron chi connectivity index (χ4n) is 2.66. The van der Waals surface area contributed by atoms with E-state index < -0.39 is 17.8 Å². The Morgan fingerprint density at radius 2 is 1.72 bits per heavy atom. The van der Waals surface area contributed by atoms with E-state index in [4.69, 9.17) is 39.5 Å². The molecule has 3 rings (SSSR count). The van der Waals surface area contributed by atoms with Crippen LogP contribution in [-0.4, -0.2) is 24.4 Å². The van der Waals surface area contributed by atoms with Gasteiger partial charge in [-0.15, -0.1) is 0 Å². The molecule has 0 saturated carbocycles. The Bertz CT molecular complexity index is 1020. The van der Waals surface area contributed by atoms with Crippen LogP contribution in [-0.2, 0) is 14.3 Å². The predicted molar refractivity (Wildman–Crippen MR) is 112 cm³/mol. The Kier molecular flexibility index (Phi) is 6.47. The van der Waals surface area contributed by atoms with Gasteiger partial charge >= 0.3 is 5.97 Å². The Morgan fingerprint density at radius 1 is 1.03 bits per heavy atom. The summed E-state index contributed by atoms with van der Waals surface area (Å²) in [5, 5.41) is 3.06. The number of rotatable bonds is 6. The smallest absolute Gasteiger partial charge is 0.338 e. The summed E-state index contributed by atoms with van der Waals surface area (Å²) in [5.74, 6) is -1.87. The number of hydrogen-bond donors (Lipinski definition) is 1. The highest BCUT2D eigenvalue weighted by atomic mass is 35.5. The van der Waals surface area contributed by atoms with Gasteiger partial charge in [0, 0.05) is 15.7 Å². The Labute approximate surface area is 182 Å². The molecule has 0 spiro atoms. The zero-order valence-corrected chi connectivity index (χ0v) is 17.4. The van der Waals surface area contributed by atoms with Crippen LogP contribution in [0.2, 0.25) is 10.0 Å². The molecule has 2 aromatic carbocycles. The summed E-state index contributed by atoms with van der Waals surface area (Å²) >= 11 is 18.1. The number of nitrogens with one attached hydrogen (secondary N) is 1. The van der Waals surface area contributed by atoms with Crippen molar-refractivity contribution >= 4 is 64.0 Å². The first kappa shape index (κ1) is 21.2. The number of esters is 1. The van der Waals surface area contributed by atoms with Gasteiger partial charge in [-0.3, -0.25) is 9.59 Å². The molecule has 0 saturated heterocycles. The van der Waals surface area contributed by atoms with E-state index in [1.807, 2.05) is 6.92 Å². The average molecular weight is 454 g/mol. The molecule has 1 heterocycles. The SMILES string of the molecule is CCCOC(=O)c1cccc(NC2=C(Cl)C(=O)N(c3cc(Cl)cc(Cl)c3)C2=O)c1. The zero-order valence-electron chi connectivity index (χ0n) is 15.2. The summed E-state index contributed by atoms with van der Waals surface area (Å²) in [5.41, 5.74) is 0.780. The van der Waals surface area contributed by atoms with Crippen molar-refractivity contribution in [1.29, 1.82) is 0 Å². The van der Waals surface area contributed by atoms with Crippen LogP contribution in [0.1, 0.15) is 23.7 Å². The van der Waals surface area contributed by atoms with E-state index in [1.54, 1.807) is 18.2 Å². The summed E-state index contributed by atoms with van der Waals surface area (Å²) in [6, 6.07) is 10.7. The molecular weight excluding hydrogens is 439 g/mol. The molecule has 0 fully saturated rings. The first-order valence-corrected chi connectivity index (χ1v) is 9.74. The van der Waals surface area contributed by atoms with Crippen LogP contribution in [0.3, 0.4) is 0 Å². The molecule has 6 nitrogen and oxygen atoms in total. The van der Waals surface area contributed by atoms with Gasteiger partial charge in [-0.2, -0.15) is 0 Å². The number of anilines is 2. The third-order valence-corrected chi connectivity index (χ3v) is 4.72. The van der Waals surface area contributed by atoms with Crippen LogP contribution in [0.15, 0.2) is 53.2 Å². The Hall–Kier alpha value is -2.54. The second kappa shape index (κ2) is 8.86. The highest BCUT2D eigenvalue weighted by Gasteiger charge is 2.39. The molecule has 1 N–H and O–H groups in total. The van der Waals surface area contributed by atoms with E-state index in [1.165, 1.54) is 24.3 Å². The maximum Gasteiger partial charge on any atom is 0.338 e. The number of ether oxygens (including phenoxy) is 1. The van der Waals surface area contributed by atoms with Gasteiger partial charge in [-0.1, -0.05) is 47.8 Å². The molecule has 29 heavy (non-hydrogen) atoms. The van der Waals surface area contributed by atoms with Crippen LogP contribution < -0.4 is 10.2 Å². The molecule has 0 aliphatic carbocycles. The molecule has 0 radical (unpaired) electrons. The minimum Gasteiger partial charge on any atom is -0.462 e. The fourth-order valence-corrected chi connectivity index (χ4v) is 3.39. The van der Waals surface area contributed by atoms with Crippen LogP contribution >= 0.6 is 34.8 Å². The molecular formula is C20H15Cl3N2O4. The molecule has 2 amide bonds. The normalized spacial score (nSPS) is 13.9. The number of imide groups is 1. The molecule has 2 aromatic rings. The number of nitrogens with zero attached hydrogens (tertiary/aromatic N) is 1. The topological polar surface area (TPSA) is 75.7 Å². The standard InChI is InChI=1S/C20H15Cl3N2O4/c1-2-6-29-20(28)11-4-3-5-14(7-11)24-17-16(23)18(26)25(19(17)27)15-9-12(21)8-13(22)10-15/h3-5,7-10,24H,2,6H2,1H3. The Morgan fingerprint density at radius 3 is 2.38 bits per heavy atom. The van der Waals surface area contributed by atoms with Crippen molar-refractivity contribution in [2.75, 3.05) is 16.8 Å².